The third kappa shape index (κ3) is 3.87. The van der Waals surface area contributed by atoms with Crippen LogP contribution in [0.2, 0.25) is 0 Å². The van der Waals surface area contributed by atoms with Crippen LogP contribution in [0, 0.1) is 12.8 Å². The summed E-state index contributed by atoms with van der Waals surface area (Å²) in [6.45, 7) is 1.96. The van der Waals surface area contributed by atoms with Crippen LogP contribution < -0.4 is 10.6 Å². The van der Waals surface area contributed by atoms with Gasteiger partial charge in [0.05, 0.1) is 0 Å². The van der Waals surface area contributed by atoms with Crippen molar-refractivity contribution in [3.8, 4) is 0 Å². The van der Waals surface area contributed by atoms with Gasteiger partial charge in [0.2, 0.25) is 0 Å². The number of rotatable bonds is 3. The number of amides is 2. The number of hydrogen-bond donors (Lipinski definition) is 2. The maximum atomic E-state index is 11.6. The molecule has 0 aliphatic heterocycles. The molecule has 18 heavy (non-hydrogen) atoms. The van der Waals surface area contributed by atoms with Crippen LogP contribution in [0.3, 0.4) is 0 Å². The first-order chi connectivity index (χ1) is 8.74. The molecule has 96 valence electrons. The number of pyridine rings is 1. The molecule has 1 saturated carbocycles. The lowest BCUT2D eigenvalue weighted by molar-refractivity contribution is 0.255. The maximum Gasteiger partial charge on any atom is 0.324 e. The van der Waals surface area contributed by atoms with Gasteiger partial charge in [-0.15, -0.1) is 0 Å². The Morgan fingerprint density at radius 1 is 1.44 bits per heavy atom. The highest BCUT2D eigenvalue weighted by Crippen LogP contribution is 2.25. The minimum absolute atomic E-state index is 0.248. The van der Waals surface area contributed by atoms with Gasteiger partial charge < -0.3 is 5.32 Å². The van der Waals surface area contributed by atoms with Crippen molar-refractivity contribution >= 4 is 11.8 Å². The summed E-state index contributed by atoms with van der Waals surface area (Å²) in [6, 6.07) is 3.48. The lowest BCUT2D eigenvalue weighted by Crippen LogP contribution is -2.24. The Hall–Kier alpha value is -1.84. The Kier molecular flexibility index (Phi) is 4.34. The standard InChI is InChI=1S/C14H19N3O/c1-11-6-8-15-13(10-11)17-14(18)16-9-7-12-4-2-3-5-12/h6-10,12H,2-5H2,1H3,(H2,15,16,17,18)/b9-7+. The first kappa shape index (κ1) is 12.6. The zero-order chi connectivity index (χ0) is 12.8. The first-order valence-electron chi connectivity index (χ1n) is 6.41. The van der Waals surface area contributed by atoms with Crippen LogP contribution in [-0.4, -0.2) is 11.0 Å². The number of carbonyl (C=O) groups excluding carboxylic acids is 1. The van der Waals surface area contributed by atoms with E-state index in [9.17, 15) is 4.79 Å². The van der Waals surface area contributed by atoms with Gasteiger partial charge in [-0.25, -0.2) is 9.78 Å². The van der Waals surface area contributed by atoms with Gasteiger partial charge in [-0.1, -0.05) is 18.9 Å². The van der Waals surface area contributed by atoms with Crippen molar-refractivity contribution in [2.75, 3.05) is 5.32 Å². The van der Waals surface area contributed by atoms with Crippen molar-refractivity contribution < 1.29 is 4.79 Å². The molecule has 0 bridgehead atoms. The molecule has 1 aliphatic carbocycles. The number of allylic oxidation sites excluding steroid dienone is 1. The van der Waals surface area contributed by atoms with Crippen molar-refractivity contribution in [2.45, 2.75) is 32.6 Å². The Morgan fingerprint density at radius 2 is 2.22 bits per heavy atom. The molecule has 1 aliphatic rings. The maximum absolute atomic E-state index is 11.6. The van der Waals surface area contributed by atoms with Crippen LogP contribution in [0.4, 0.5) is 10.6 Å². The van der Waals surface area contributed by atoms with Gasteiger partial charge >= 0.3 is 6.03 Å². The fraction of sp³-hybridized carbons (Fsp3) is 0.429. The van der Waals surface area contributed by atoms with E-state index in [1.54, 1.807) is 12.4 Å². The summed E-state index contributed by atoms with van der Waals surface area (Å²) in [5.41, 5.74) is 1.07. The predicted molar refractivity (Wildman–Crippen MR) is 72.2 cm³/mol. The molecule has 0 saturated heterocycles. The third-order valence-corrected chi connectivity index (χ3v) is 3.14. The summed E-state index contributed by atoms with van der Waals surface area (Å²) in [4.78, 5) is 15.7. The highest BCUT2D eigenvalue weighted by Gasteiger charge is 2.11. The Balaban J connectivity index is 1.78. The fourth-order valence-corrected chi connectivity index (χ4v) is 2.17. The quantitative estimate of drug-likeness (QED) is 0.859. The van der Waals surface area contributed by atoms with E-state index in [0.717, 1.165) is 5.56 Å². The molecule has 0 atom stereocenters. The number of nitrogens with one attached hydrogen (secondary N) is 2. The molecule has 0 aromatic carbocycles. The Bertz CT molecular complexity index is 436. The van der Waals surface area contributed by atoms with E-state index in [-0.39, 0.29) is 6.03 Å². The van der Waals surface area contributed by atoms with Gasteiger partial charge in [0.1, 0.15) is 5.82 Å². The number of hydrogen-bond acceptors (Lipinski definition) is 2. The summed E-state index contributed by atoms with van der Waals surface area (Å²) in [5.74, 6) is 1.20. The zero-order valence-corrected chi connectivity index (χ0v) is 10.6. The minimum Gasteiger partial charge on any atom is -0.315 e. The number of aryl methyl sites for hydroxylation is 1. The first-order valence-corrected chi connectivity index (χ1v) is 6.41. The second-order valence-electron chi connectivity index (χ2n) is 4.72. The normalized spacial score (nSPS) is 16.1. The summed E-state index contributed by atoms with van der Waals surface area (Å²) >= 11 is 0. The smallest absolute Gasteiger partial charge is 0.315 e. The van der Waals surface area contributed by atoms with E-state index >= 15 is 0 Å². The van der Waals surface area contributed by atoms with E-state index in [1.165, 1.54) is 25.7 Å². The van der Waals surface area contributed by atoms with Gasteiger partial charge in [-0.2, -0.15) is 0 Å². The fourth-order valence-electron chi connectivity index (χ4n) is 2.17. The van der Waals surface area contributed by atoms with Gasteiger partial charge in [0.25, 0.3) is 0 Å². The predicted octanol–water partition coefficient (Wildman–Crippen LogP) is 3.22. The highest BCUT2D eigenvalue weighted by molar-refractivity contribution is 5.88. The summed E-state index contributed by atoms with van der Waals surface area (Å²) < 4.78 is 0. The van der Waals surface area contributed by atoms with Crippen LogP contribution in [-0.2, 0) is 0 Å². The molecule has 0 spiro atoms. The largest absolute Gasteiger partial charge is 0.324 e. The van der Waals surface area contributed by atoms with Gasteiger partial charge in [-0.3, -0.25) is 5.32 Å². The molecule has 4 nitrogen and oxygen atoms in total. The molecule has 2 amide bonds. The second-order valence-corrected chi connectivity index (χ2v) is 4.72. The number of nitrogens with zero attached hydrogens (tertiary/aromatic N) is 1. The molecule has 2 rings (SSSR count). The number of anilines is 1. The van der Waals surface area contributed by atoms with Gasteiger partial charge in [-0.05, 0) is 43.4 Å². The van der Waals surface area contributed by atoms with Crippen molar-refractivity contribution in [1.29, 1.82) is 0 Å². The number of aromatic nitrogens is 1. The molecule has 0 radical (unpaired) electrons. The molecular weight excluding hydrogens is 226 g/mol. The van der Waals surface area contributed by atoms with E-state index in [1.807, 2.05) is 19.1 Å². The van der Waals surface area contributed by atoms with E-state index in [2.05, 4.69) is 21.7 Å². The number of urea groups is 1. The average molecular weight is 245 g/mol. The average Bonchev–Trinajstić information content (AvgIpc) is 2.82. The summed E-state index contributed by atoms with van der Waals surface area (Å²) in [5, 5.41) is 5.40. The molecule has 4 heteroatoms. The van der Waals surface area contributed by atoms with Crippen LogP contribution in [0.25, 0.3) is 0 Å². The molecule has 1 heterocycles. The molecule has 2 N–H and O–H groups in total. The lowest BCUT2D eigenvalue weighted by atomic mass is 10.1. The molecule has 1 aromatic rings. The number of carbonyl (C=O) groups is 1. The lowest BCUT2D eigenvalue weighted by Gasteiger charge is -2.05. The third-order valence-electron chi connectivity index (χ3n) is 3.14. The molecule has 0 unspecified atom stereocenters. The van der Waals surface area contributed by atoms with Gasteiger partial charge in [0, 0.05) is 12.4 Å². The summed E-state index contributed by atoms with van der Waals surface area (Å²) in [6.07, 6.45) is 10.6. The van der Waals surface area contributed by atoms with Crippen molar-refractivity contribution in [3.63, 3.8) is 0 Å². The molecule has 1 aromatic heterocycles. The van der Waals surface area contributed by atoms with E-state index in [0.29, 0.717) is 11.7 Å². The summed E-state index contributed by atoms with van der Waals surface area (Å²) in [7, 11) is 0. The highest BCUT2D eigenvalue weighted by atomic mass is 16.2. The van der Waals surface area contributed by atoms with E-state index < -0.39 is 0 Å². The van der Waals surface area contributed by atoms with Crippen molar-refractivity contribution in [3.05, 3.63) is 36.2 Å². The molecule has 1 fully saturated rings. The molecular formula is C14H19N3O. The van der Waals surface area contributed by atoms with Crippen LogP contribution in [0.1, 0.15) is 31.2 Å². The monoisotopic (exact) mass is 245 g/mol. The van der Waals surface area contributed by atoms with Crippen LogP contribution in [0.15, 0.2) is 30.6 Å². The van der Waals surface area contributed by atoms with Crippen LogP contribution in [0.5, 0.6) is 0 Å². The SMILES string of the molecule is Cc1ccnc(NC(=O)N/C=C/C2CCCC2)c1. The Morgan fingerprint density at radius 3 is 2.94 bits per heavy atom. The van der Waals surface area contributed by atoms with Crippen molar-refractivity contribution in [1.82, 2.24) is 10.3 Å². The topological polar surface area (TPSA) is 54.0 Å². The van der Waals surface area contributed by atoms with E-state index in [4.69, 9.17) is 0 Å². The Labute approximate surface area is 108 Å². The van der Waals surface area contributed by atoms with Gasteiger partial charge in [0.15, 0.2) is 0 Å². The van der Waals surface area contributed by atoms with Crippen molar-refractivity contribution in [2.24, 2.45) is 5.92 Å². The van der Waals surface area contributed by atoms with Crippen LogP contribution >= 0.6 is 0 Å². The minimum atomic E-state index is -0.248. The zero-order valence-electron chi connectivity index (χ0n) is 10.6. The second kappa shape index (κ2) is 6.19.